The van der Waals surface area contributed by atoms with Crippen LogP contribution in [0.2, 0.25) is 0 Å². The lowest BCUT2D eigenvalue weighted by molar-refractivity contribution is -0.147. The van der Waals surface area contributed by atoms with Crippen molar-refractivity contribution < 1.29 is 23.9 Å². The van der Waals surface area contributed by atoms with Gasteiger partial charge in [0.1, 0.15) is 11.9 Å². The van der Waals surface area contributed by atoms with Crippen molar-refractivity contribution in [2.75, 3.05) is 6.61 Å². The van der Waals surface area contributed by atoms with Gasteiger partial charge in [-0.25, -0.2) is 4.79 Å². The van der Waals surface area contributed by atoms with Crippen LogP contribution < -0.4 is 5.32 Å². The average molecular weight is 375 g/mol. The van der Waals surface area contributed by atoms with E-state index in [0.717, 1.165) is 30.3 Å². The first-order valence-corrected chi connectivity index (χ1v) is 9.41. The number of esters is 1. The molecule has 1 amide bonds. The molecule has 1 N–H and O–H groups in total. The number of aldehydes is 1. The van der Waals surface area contributed by atoms with E-state index < -0.39 is 17.7 Å². The fourth-order valence-electron chi connectivity index (χ4n) is 3.28. The molecule has 1 aliphatic heterocycles. The number of carbonyl (C=O) groups excluding carboxylic acids is 3. The van der Waals surface area contributed by atoms with E-state index in [9.17, 15) is 14.4 Å². The summed E-state index contributed by atoms with van der Waals surface area (Å²) in [5.41, 5.74) is 1.27. The summed E-state index contributed by atoms with van der Waals surface area (Å²) in [7, 11) is 0. The van der Waals surface area contributed by atoms with Gasteiger partial charge < -0.3 is 19.6 Å². The number of ether oxygens (including phenoxy) is 2. The van der Waals surface area contributed by atoms with Gasteiger partial charge in [-0.1, -0.05) is 31.2 Å². The molecule has 2 unspecified atom stereocenters. The molecule has 6 nitrogen and oxygen atoms in total. The highest BCUT2D eigenvalue weighted by atomic mass is 16.6. The quantitative estimate of drug-likeness (QED) is 0.623. The van der Waals surface area contributed by atoms with Gasteiger partial charge in [-0.2, -0.15) is 0 Å². The highest BCUT2D eigenvalue weighted by molar-refractivity contribution is 5.73. The molecule has 1 aromatic rings. The van der Waals surface area contributed by atoms with Gasteiger partial charge in [-0.05, 0) is 50.7 Å². The summed E-state index contributed by atoms with van der Waals surface area (Å²) in [6.07, 6.45) is 2.11. The van der Waals surface area contributed by atoms with Gasteiger partial charge in [0.05, 0.1) is 18.6 Å². The van der Waals surface area contributed by atoms with Gasteiger partial charge in [-0.3, -0.25) is 4.79 Å². The number of alkyl carbamates (subject to hydrolysis) is 1. The van der Waals surface area contributed by atoms with Crippen molar-refractivity contribution in [2.24, 2.45) is 5.92 Å². The molecule has 148 valence electrons. The molecule has 2 rings (SSSR count). The second-order valence-corrected chi connectivity index (χ2v) is 7.97. The van der Waals surface area contributed by atoms with Crippen LogP contribution in [0.4, 0.5) is 4.79 Å². The molecule has 27 heavy (non-hydrogen) atoms. The normalized spacial score (nSPS) is 21.6. The summed E-state index contributed by atoms with van der Waals surface area (Å²) in [5, 5.41) is 2.75. The van der Waals surface area contributed by atoms with E-state index in [1.165, 1.54) is 0 Å². The third-order valence-electron chi connectivity index (χ3n) is 4.67. The summed E-state index contributed by atoms with van der Waals surface area (Å²) >= 11 is 0. The van der Waals surface area contributed by atoms with Crippen LogP contribution in [0.1, 0.15) is 70.0 Å². The number of amides is 1. The lowest BCUT2D eigenvalue weighted by Crippen LogP contribution is -2.35. The Morgan fingerprint density at radius 2 is 2.00 bits per heavy atom. The molecule has 0 aliphatic carbocycles. The van der Waals surface area contributed by atoms with Gasteiger partial charge in [0.15, 0.2) is 0 Å². The number of nitrogens with one attached hydrogen (secondary N) is 1. The first-order valence-electron chi connectivity index (χ1n) is 9.41. The molecule has 0 bridgehead atoms. The monoisotopic (exact) mass is 375 g/mol. The van der Waals surface area contributed by atoms with E-state index >= 15 is 0 Å². The van der Waals surface area contributed by atoms with Crippen molar-refractivity contribution in [1.82, 2.24) is 5.32 Å². The SMILES string of the molecule is CC1C(=O)OCCCC1c1ccc([C@@H](CC=O)NC(=O)OC(C)(C)C)cc1. The fourth-order valence-corrected chi connectivity index (χ4v) is 3.28. The van der Waals surface area contributed by atoms with Gasteiger partial charge in [0.2, 0.25) is 0 Å². The van der Waals surface area contributed by atoms with Gasteiger partial charge >= 0.3 is 12.1 Å². The molecule has 1 fully saturated rings. The maximum Gasteiger partial charge on any atom is 0.408 e. The minimum atomic E-state index is -0.607. The van der Waals surface area contributed by atoms with Crippen molar-refractivity contribution >= 4 is 18.3 Å². The summed E-state index contributed by atoms with van der Waals surface area (Å²) in [4.78, 5) is 35.1. The van der Waals surface area contributed by atoms with Crippen LogP contribution in [-0.2, 0) is 19.1 Å². The third-order valence-corrected chi connectivity index (χ3v) is 4.67. The van der Waals surface area contributed by atoms with Crippen molar-refractivity contribution in [3.05, 3.63) is 35.4 Å². The maximum atomic E-state index is 12.0. The number of hydrogen-bond acceptors (Lipinski definition) is 5. The largest absolute Gasteiger partial charge is 0.465 e. The van der Waals surface area contributed by atoms with Crippen molar-refractivity contribution in [3.8, 4) is 0 Å². The number of rotatable bonds is 5. The van der Waals surface area contributed by atoms with Crippen LogP contribution >= 0.6 is 0 Å². The minimum Gasteiger partial charge on any atom is -0.465 e. The number of cyclic esters (lactones) is 1. The van der Waals surface area contributed by atoms with Crippen molar-refractivity contribution in [2.45, 2.75) is 64.5 Å². The lowest BCUT2D eigenvalue weighted by Gasteiger charge is -2.24. The number of benzene rings is 1. The first-order chi connectivity index (χ1) is 12.7. The zero-order valence-electron chi connectivity index (χ0n) is 16.5. The molecule has 1 heterocycles. The number of carbonyl (C=O) groups is 3. The first kappa shape index (κ1) is 20.9. The second kappa shape index (κ2) is 9.02. The van der Waals surface area contributed by atoms with Crippen LogP contribution in [0.3, 0.4) is 0 Å². The Bertz CT molecular complexity index is 662. The zero-order chi connectivity index (χ0) is 20.0. The zero-order valence-corrected chi connectivity index (χ0v) is 16.5. The minimum absolute atomic E-state index is 0.109. The van der Waals surface area contributed by atoms with Crippen LogP contribution in [0.15, 0.2) is 24.3 Å². The molecule has 0 spiro atoms. The molecule has 0 radical (unpaired) electrons. The van der Waals surface area contributed by atoms with Gasteiger partial charge in [0.25, 0.3) is 0 Å². The smallest absolute Gasteiger partial charge is 0.408 e. The van der Waals surface area contributed by atoms with Gasteiger partial charge in [-0.15, -0.1) is 0 Å². The van der Waals surface area contributed by atoms with Crippen LogP contribution in [-0.4, -0.2) is 30.6 Å². The lowest BCUT2D eigenvalue weighted by atomic mass is 9.84. The Labute approximate surface area is 160 Å². The standard InChI is InChI=1S/C21H29NO5/c1-14-17(6-5-13-26-19(14)24)15-7-9-16(10-8-15)18(11-12-23)22-20(25)27-21(2,3)4/h7-10,12,14,17-18H,5-6,11,13H2,1-4H3,(H,22,25)/t14?,17?,18-/m1/s1. The molecule has 6 heteroatoms. The van der Waals surface area contributed by atoms with Crippen LogP contribution in [0, 0.1) is 5.92 Å². The summed E-state index contributed by atoms with van der Waals surface area (Å²) in [5.74, 6) is -0.242. The van der Waals surface area contributed by atoms with Gasteiger partial charge in [0, 0.05) is 6.42 Å². The Morgan fingerprint density at radius 1 is 1.33 bits per heavy atom. The highest BCUT2D eigenvalue weighted by Crippen LogP contribution is 2.33. The average Bonchev–Trinajstić information content (AvgIpc) is 2.75. The summed E-state index contributed by atoms with van der Waals surface area (Å²) in [6, 6.07) is 7.25. The molecule has 0 aromatic heterocycles. The molecular formula is C21H29NO5. The van der Waals surface area contributed by atoms with E-state index in [0.29, 0.717) is 6.61 Å². The Kier molecular flexibility index (Phi) is 6.99. The fraction of sp³-hybridized carbons (Fsp3) is 0.571. The Balaban J connectivity index is 2.13. The van der Waals surface area contributed by atoms with E-state index in [1.54, 1.807) is 20.8 Å². The van der Waals surface area contributed by atoms with E-state index in [4.69, 9.17) is 9.47 Å². The predicted octanol–water partition coefficient (Wildman–Crippen LogP) is 3.90. The van der Waals surface area contributed by atoms with Crippen LogP contribution in [0.5, 0.6) is 0 Å². The summed E-state index contributed by atoms with van der Waals surface area (Å²) in [6.45, 7) is 7.73. The molecule has 1 saturated heterocycles. The molecule has 1 aromatic carbocycles. The Hall–Kier alpha value is -2.37. The second-order valence-electron chi connectivity index (χ2n) is 7.97. The molecule has 3 atom stereocenters. The predicted molar refractivity (Wildman–Crippen MR) is 101 cm³/mol. The van der Waals surface area contributed by atoms with E-state index in [1.807, 2.05) is 31.2 Å². The topological polar surface area (TPSA) is 81.7 Å². The summed E-state index contributed by atoms with van der Waals surface area (Å²) < 4.78 is 10.5. The maximum absolute atomic E-state index is 12.0. The van der Waals surface area contributed by atoms with E-state index in [2.05, 4.69) is 5.32 Å². The molecule has 1 aliphatic rings. The Morgan fingerprint density at radius 3 is 2.59 bits per heavy atom. The highest BCUT2D eigenvalue weighted by Gasteiger charge is 2.29. The van der Waals surface area contributed by atoms with Crippen molar-refractivity contribution in [1.29, 1.82) is 0 Å². The van der Waals surface area contributed by atoms with Crippen LogP contribution in [0.25, 0.3) is 0 Å². The molecule has 0 saturated carbocycles. The van der Waals surface area contributed by atoms with E-state index in [-0.39, 0.29) is 24.2 Å². The third kappa shape index (κ3) is 6.08. The molecular weight excluding hydrogens is 346 g/mol. The number of hydrogen-bond donors (Lipinski definition) is 1. The van der Waals surface area contributed by atoms with Crippen molar-refractivity contribution in [3.63, 3.8) is 0 Å².